The normalized spacial score (nSPS) is 11.1. The third-order valence-corrected chi connectivity index (χ3v) is 5.17. The number of carbonyl (C=O) groups is 1. The number of carbonyl (C=O) groups excluding carboxylic acids is 1. The lowest BCUT2D eigenvalue weighted by Crippen LogP contribution is -2.18. The van der Waals surface area contributed by atoms with Crippen LogP contribution in [-0.2, 0) is 20.4 Å². The van der Waals surface area contributed by atoms with Crippen molar-refractivity contribution in [2.75, 3.05) is 11.1 Å². The molecule has 2 aromatic rings. The van der Waals surface area contributed by atoms with E-state index in [1.165, 1.54) is 18.2 Å². The van der Waals surface area contributed by atoms with Crippen molar-refractivity contribution < 1.29 is 18.1 Å². The molecule has 0 aliphatic rings. The third kappa shape index (κ3) is 5.68. The van der Waals surface area contributed by atoms with Gasteiger partial charge in [-0.3, -0.25) is 14.9 Å². The Balaban J connectivity index is 1.96. The van der Waals surface area contributed by atoms with Gasteiger partial charge in [0.1, 0.15) is 0 Å². The highest BCUT2D eigenvalue weighted by Crippen LogP contribution is 2.22. The molecule has 0 atom stereocenters. The number of nitro groups is 1. The van der Waals surface area contributed by atoms with Gasteiger partial charge >= 0.3 is 0 Å². The maximum atomic E-state index is 12.1. The second-order valence-electron chi connectivity index (χ2n) is 5.63. The van der Waals surface area contributed by atoms with Crippen molar-refractivity contribution >= 4 is 27.1 Å². The number of nitrogens with zero attached hydrogens (tertiary/aromatic N) is 1. The second kappa shape index (κ2) is 7.89. The minimum atomic E-state index is -3.42. The quantitative estimate of drug-likeness (QED) is 0.602. The van der Waals surface area contributed by atoms with Gasteiger partial charge in [-0.1, -0.05) is 36.4 Å². The molecule has 1 amide bonds. The minimum absolute atomic E-state index is 0.128. The van der Waals surface area contributed by atoms with Crippen LogP contribution in [0.5, 0.6) is 0 Å². The summed E-state index contributed by atoms with van der Waals surface area (Å²) in [6.07, 6.45) is -0.211. The largest absolute Gasteiger partial charge is 0.326 e. The zero-order valence-electron chi connectivity index (χ0n) is 13.6. The number of sulfone groups is 1. The first-order valence-corrected chi connectivity index (χ1v) is 9.38. The Bertz CT molecular complexity index is 879. The van der Waals surface area contributed by atoms with E-state index < -0.39 is 20.7 Å². The molecule has 0 aliphatic heterocycles. The van der Waals surface area contributed by atoms with Gasteiger partial charge in [-0.2, -0.15) is 0 Å². The number of amides is 1. The number of hydrogen-bond acceptors (Lipinski definition) is 5. The maximum Gasteiger partial charge on any atom is 0.271 e. The molecular weight excluding hydrogens is 344 g/mol. The summed E-state index contributed by atoms with van der Waals surface area (Å²) in [6.45, 7) is 1.70. The van der Waals surface area contributed by atoms with Gasteiger partial charge in [0.25, 0.3) is 5.69 Å². The fourth-order valence-electron chi connectivity index (χ4n) is 2.22. The molecule has 0 bridgehead atoms. The molecule has 0 heterocycles. The van der Waals surface area contributed by atoms with Gasteiger partial charge in [0, 0.05) is 18.6 Å². The lowest BCUT2D eigenvalue weighted by atomic mass is 10.2. The van der Waals surface area contributed by atoms with Crippen LogP contribution in [0.3, 0.4) is 0 Å². The molecule has 0 saturated heterocycles. The monoisotopic (exact) mass is 362 g/mol. The first-order chi connectivity index (χ1) is 11.8. The number of nitrogens with one attached hydrogen (secondary N) is 1. The number of nitro benzene ring substituents is 1. The number of hydrogen-bond donors (Lipinski definition) is 1. The van der Waals surface area contributed by atoms with E-state index in [9.17, 15) is 23.3 Å². The van der Waals surface area contributed by atoms with Crippen LogP contribution in [0.15, 0.2) is 48.5 Å². The van der Waals surface area contributed by atoms with E-state index in [-0.39, 0.29) is 23.6 Å². The van der Waals surface area contributed by atoms with E-state index in [4.69, 9.17) is 0 Å². The van der Waals surface area contributed by atoms with Crippen LogP contribution in [0.4, 0.5) is 11.4 Å². The summed E-state index contributed by atoms with van der Waals surface area (Å²) in [5, 5.41) is 13.3. The van der Waals surface area contributed by atoms with Crippen LogP contribution in [0.2, 0.25) is 0 Å². The van der Waals surface area contributed by atoms with Crippen molar-refractivity contribution in [2.24, 2.45) is 0 Å². The van der Waals surface area contributed by atoms with E-state index in [1.54, 1.807) is 37.3 Å². The van der Waals surface area contributed by atoms with Crippen molar-refractivity contribution in [3.63, 3.8) is 0 Å². The Morgan fingerprint density at radius 2 is 1.84 bits per heavy atom. The molecule has 8 heteroatoms. The number of non-ortho nitro benzene ring substituents is 1. The van der Waals surface area contributed by atoms with Gasteiger partial charge in [0.05, 0.1) is 22.1 Å². The van der Waals surface area contributed by atoms with Crippen molar-refractivity contribution in [1.29, 1.82) is 0 Å². The van der Waals surface area contributed by atoms with E-state index in [1.807, 2.05) is 0 Å². The van der Waals surface area contributed by atoms with Crippen molar-refractivity contribution in [3.8, 4) is 0 Å². The van der Waals surface area contributed by atoms with Crippen LogP contribution in [0.25, 0.3) is 0 Å². The lowest BCUT2D eigenvalue weighted by Gasteiger charge is -2.09. The molecule has 2 rings (SSSR count). The average molecular weight is 362 g/mol. The van der Waals surface area contributed by atoms with Crippen LogP contribution in [-0.4, -0.2) is 25.0 Å². The summed E-state index contributed by atoms with van der Waals surface area (Å²) >= 11 is 0. The zero-order valence-corrected chi connectivity index (χ0v) is 14.5. The molecule has 25 heavy (non-hydrogen) atoms. The Hall–Kier alpha value is -2.74. The van der Waals surface area contributed by atoms with Gasteiger partial charge in [0.2, 0.25) is 5.91 Å². The molecule has 7 nitrogen and oxygen atoms in total. The molecule has 0 saturated carbocycles. The predicted octanol–water partition coefficient (Wildman–Crippen LogP) is 2.85. The summed E-state index contributed by atoms with van der Waals surface area (Å²) in [5.74, 6) is -0.918. The molecular formula is C17H18N2O5S. The average Bonchev–Trinajstić information content (AvgIpc) is 2.55. The smallest absolute Gasteiger partial charge is 0.271 e. The molecule has 0 radical (unpaired) electrons. The zero-order chi connectivity index (χ0) is 18.4. The second-order valence-corrected chi connectivity index (χ2v) is 7.82. The molecule has 1 N–H and O–H groups in total. The van der Waals surface area contributed by atoms with Crippen molar-refractivity contribution in [3.05, 3.63) is 69.8 Å². The van der Waals surface area contributed by atoms with Gasteiger partial charge in [-0.25, -0.2) is 8.42 Å². The standard InChI is InChI=1S/C17H18N2O5S/c1-13-7-8-15(19(21)22)11-16(13)18-17(20)9-10-25(23,24)12-14-5-3-2-4-6-14/h2-8,11H,9-10,12H2,1H3,(H,18,20). The topological polar surface area (TPSA) is 106 Å². The number of anilines is 1. The molecule has 132 valence electrons. The summed E-state index contributed by atoms with van der Waals surface area (Å²) in [4.78, 5) is 22.2. The molecule has 2 aromatic carbocycles. The Morgan fingerprint density at radius 3 is 2.48 bits per heavy atom. The minimum Gasteiger partial charge on any atom is -0.326 e. The van der Waals surface area contributed by atoms with Crippen molar-refractivity contribution in [2.45, 2.75) is 19.1 Å². The molecule has 0 aliphatic carbocycles. The SMILES string of the molecule is Cc1ccc([N+](=O)[O-])cc1NC(=O)CCS(=O)(=O)Cc1ccccc1. The Morgan fingerprint density at radius 1 is 1.16 bits per heavy atom. The van der Waals surface area contributed by atoms with E-state index in [0.717, 1.165) is 0 Å². The fourth-order valence-corrected chi connectivity index (χ4v) is 3.56. The third-order valence-electron chi connectivity index (χ3n) is 3.58. The van der Waals surface area contributed by atoms with Gasteiger partial charge in [0.15, 0.2) is 9.84 Å². The molecule has 0 spiro atoms. The van der Waals surface area contributed by atoms with E-state index in [0.29, 0.717) is 16.8 Å². The van der Waals surface area contributed by atoms with Crippen LogP contribution < -0.4 is 5.32 Å². The van der Waals surface area contributed by atoms with E-state index in [2.05, 4.69) is 5.32 Å². The fraction of sp³-hybridized carbons (Fsp3) is 0.235. The molecule has 0 aromatic heterocycles. The van der Waals surface area contributed by atoms with Crippen LogP contribution in [0.1, 0.15) is 17.5 Å². The highest BCUT2D eigenvalue weighted by Gasteiger charge is 2.16. The Kier molecular flexibility index (Phi) is 5.87. The number of benzene rings is 2. The maximum absolute atomic E-state index is 12.1. The molecule has 0 fully saturated rings. The highest BCUT2D eigenvalue weighted by atomic mass is 32.2. The summed E-state index contributed by atoms with van der Waals surface area (Å²) in [5.41, 5.74) is 1.49. The van der Waals surface area contributed by atoms with Gasteiger partial charge < -0.3 is 5.32 Å². The van der Waals surface area contributed by atoms with Crippen LogP contribution >= 0.6 is 0 Å². The summed E-state index contributed by atoms with van der Waals surface area (Å²) in [7, 11) is -3.42. The first-order valence-electron chi connectivity index (χ1n) is 7.56. The summed E-state index contributed by atoms with van der Waals surface area (Å²) < 4.78 is 24.2. The predicted molar refractivity (Wildman–Crippen MR) is 95.0 cm³/mol. The number of rotatable bonds is 7. The lowest BCUT2D eigenvalue weighted by molar-refractivity contribution is -0.384. The van der Waals surface area contributed by atoms with E-state index >= 15 is 0 Å². The molecule has 0 unspecified atom stereocenters. The van der Waals surface area contributed by atoms with Crippen molar-refractivity contribution in [1.82, 2.24) is 0 Å². The van der Waals surface area contributed by atoms with Crippen LogP contribution in [0, 0.1) is 17.0 Å². The highest BCUT2D eigenvalue weighted by molar-refractivity contribution is 7.90. The first kappa shape index (κ1) is 18.6. The number of aryl methyl sites for hydroxylation is 1. The Labute approximate surface area is 145 Å². The summed E-state index contributed by atoms with van der Waals surface area (Å²) in [6, 6.07) is 12.9. The van der Waals surface area contributed by atoms with Gasteiger partial charge in [-0.15, -0.1) is 0 Å². The van der Waals surface area contributed by atoms with Gasteiger partial charge in [-0.05, 0) is 18.1 Å².